The van der Waals surface area contributed by atoms with Crippen molar-refractivity contribution in [2.75, 3.05) is 11.9 Å². The van der Waals surface area contributed by atoms with Crippen LogP contribution in [0.5, 0.6) is 0 Å². The van der Waals surface area contributed by atoms with Crippen LogP contribution in [0.25, 0.3) is 0 Å². The van der Waals surface area contributed by atoms with Crippen LogP contribution in [-0.4, -0.2) is 47.1 Å². The molecule has 4 N–H and O–H groups in total. The number of aliphatic hydroxyl groups excluding tert-OH is 2. The minimum absolute atomic E-state index is 0.0540. The van der Waals surface area contributed by atoms with Gasteiger partial charge in [0.05, 0.1) is 18.6 Å². The number of nitrogens with one attached hydrogen (secondary N) is 2. The predicted molar refractivity (Wildman–Crippen MR) is 98.5 cm³/mol. The van der Waals surface area contributed by atoms with E-state index < -0.39 is 24.4 Å². The number of ether oxygens (including phenoxy) is 1. The monoisotopic (exact) mass is 374 g/mol. The van der Waals surface area contributed by atoms with E-state index in [1.54, 1.807) is 24.3 Å². The van der Waals surface area contributed by atoms with Crippen LogP contribution in [0.4, 0.5) is 10.1 Å². The molecule has 2 aromatic carbocycles. The SMILES string of the molecule is O=C(CC1OC(CNCc2ccc(F)cc2)C(O)C1O)Nc1ccccc1. The van der Waals surface area contributed by atoms with Crippen molar-refractivity contribution >= 4 is 11.6 Å². The molecule has 4 atom stereocenters. The molecule has 1 fully saturated rings. The zero-order valence-corrected chi connectivity index (χ0v) is 14.7. The maximum Gasteiger partial charge on any atom is 0.227 e. The van der Waals surface area contributed by atoms with Crippen LogP contribution in [0.15, 0.2) is 54.6 Å². The minimum atomic E-state index is -1.14. The number of para-hydroxylation sites is 1. The molecule has 0 radical (unpaired) electrons. The fourth-order valence-electron chi connectivity index (χ4n) is 3.04. The summed E-state index contributed by atoms with van der Waals surface area (Å²) in [6, 6.07) is 15.1. The van der Waals surface area contributed by atoms with E-state index in [0.29, 0.717) is 18.8 Å². The molecule has 27 heavy (non-hydrogen) atoms. The summed E-state index contributed by atoms with van der Waals surface area (Å²) in [5.41, 5.74) is 1.55. The number of amides is 1. The molecule has 0 saturated carbocycles. The first-order valence-electron chi connectivity index (χ1n) is 8.84. The molecule has 1 heterocycles. The maximum atomic E-state index is 12.9. The Morgan fingerprint density at radius 3 is 2.37 bits per heavy atom. The largest absolute Gasteiger partial charge is 0.388 e. The van der Waals surface area contributed by atoms with Crippen LogP contribution >= 0.6 is 0 Å². The smallest absolute Gasteiger partial charge is 0.227 e. The molecule has 144 valence electrons. The Morgan fingerprint density at radius 1 is 1.00 bits per heavy atom. The standard InChI is InChI=1S/C20H23FN2O4/c21-14-8-6-13(7-9-14)11-22-12-17-20(26)19(25)16(27-17)10-18(24)23-15-4-2-1-3-5-15/h1-9,16-17,19-20,22,25-26H,10-12H2,(H,23,24). The van der Waals surface area contributed by atoms with Crippen LogP contribution in [-0.2, 0) is 16.1 Å². The summed E-state index contributed by atoms with van der Waals surface area (Å²) < 4.78 is 18.6. The average Bonchev–Trinajstić information content (AvgIpc) is 2.92. The summed E-state index contributed by atoms with van der Waals surface area (Å²) in [6.07, 6.45) is -3.68. The van der Waals surface area contributed by atoms with E-state index in [0.717, 1.165) is 5.56 Å². The fourth-order valence-corrected chi connectivity index (χ4v) is 3.04. The number of hydrogen-bond acceptors (Lipinski definition) is 5. The Kier molecular flexibility index (Phi) is 6.52. The van der Waals surface area contributed by atoms with Gasteiger partial charge in [-0.15, -0.1) is 0 Å². The number of aliphatic hydroxyl groups is 2. The van der Waals surface area contributed by atoms with Gasteiger partial charge in [-0.1, -0.05) is 30.3 Å². The van der Waals surface area contributed by atoms with Crippen LogP contribution in [0.1, 0.15) is 12.0 Å². The normalized spacial score (nSPS) is 24.7. The van der Waals surface area contributed by atoms with E-state index in [1.807, 2.05) is 18.2 Å². The lowest BCUT2D eigenvalue weighted by atomic mass is 10.1. The highest BCUT2D eigenvalue weighted by atomic mass is 19.1. The number of benzene rings is 2. The molecule has 1 amide bonds. The van der Waals surface area contributed by atoms with Gasteiger partial charge in [0.2, 0.25) is 5.91 Å². The molecule has 0 spiro atoms. The highest BCUT2D eigenvalue weighted by Crippen LogP contribution is 2.24. The lowest BCUT2D eigenvalue weighted by molar-refractivity contribution is -0.120. The average molecular weight is 374 g/mol. The molecule has 0 bridgehead atoms. The Labute approximate surface area is 157 Å². The third-order valence-electron chi connectivity index (χ3n) is 4.49. The Hall–Kier alpha value is -2.32. The summed E-state index contributed by atoms with van der Waals surface area (Å²) in [5, 5.41) is 26.2. The summed E-state index contributed by atoms with van der Waals surface area (Å²) in [4.78, 5) is 12.1. The molecule has 2 aromatic rings. The summed E-state index contributed by atoms with van der Waals surface area (Å²) in [6.45, 7) is 0.772. The van der Waals surface area contributed by atoms with Gasteiger partial charge in [-0.2, -0.15) is 0 Å². The Bertz CT molecular complexity index is 741. The van der Waals surface area contributed by atoms with Crippen molar-refractivity contribution in [2.24, 2.45) is 0 Å². The van der Waals surface area contributed by atoms with Crippen molar-refractivity contribution < 1.29 is 24.1 Å². The lowest BCUT2D eigenvalue weighted by Gasteiger charge is -2.15. The van der Waals surface area contributed by atoms with Gasteiger partial charge in [-0.25, -0.2) is 4.39 Å². The second-order valence-electron chi connectivity index (χ2n) is 6.57. The molecule has 4 unspecified atom stereocenters. The second kappa shape index (κ2) is 9.05. The van der Waals surface area contributed by atoms with Crippen molar-refractivity contribution in [3.05, 3.63) is 66.0 Å². The molecular weight excluding hydrogens is 351 g/mol. The maximum absolute atomic E-state index is 12.9. The highest BCUT2D eigenvalue weighted by Gasteiger charge is 2.43. The van der Waals surface area contributed by atoms with Gasteiger partial charge >= 0.3 is 0 Å². The van der Waals surface area contributed by atoms with Crippen molar-refractivity contribution in [2.45, 2.75) is 37.4 Å². The van der Waals surface area contributed by atoms with Gasteiger partial charge in [0.25, 0.3) is 0 Å². The van der Waals surface area contributed by atoms with Gasteiger partial charge in [-0.3, -0.25) is 4.79 Å². The lowest BCUT2D eigenvalue weighted by Crippen LogP contribution is -2.38. The van der Waals surface area contributed by atoms with Crippen LogP contribution in [0.3, 0.4) is 0 Å². The van der Waals surface area contributed by atoms with E-state index in [2.05, 4.69) is 10.6 Å². The quantitative estimate of drug-likeness (QED) is 0.589. The van der Waals surface area contributed by atoms with E-state index in [1.165, 1.54) is 12.1 Å². The van der Waals surface area contributed by atoms with E-state index in [4.69, 9.17) is 4.74 Å². The minimum Gasteiger partial charge on any atom is -0.388 e. The zero-order valence-electron chi connectivity index (χ0n) is 14.7. The fraction of sp³-hybridized carbons (Fsp3) is 0.350. The first-order chi connectivity index (χ1) is 13.0. The highest BCUT2D eigenvalue weighted by molar-refractivity contribution is 5.91. The molecule has 6 nitrogen and oxygen atoms in total. The Balaban J connectivity index is 1.46. The number of carbonyl (C=O) groups is 1. The number of anilines is 1. The summed E-state index contributed by atoms with van der Waals surface area (Å²) in [7, 11) is 0. The first kappa shape index (κ1) is 19.4. The van der Waals surface area contributed by atoms with Gasteiger partial charge in [-0.05, 0) is 29.8 Å². The van der Waals surface area contributed by atoms with Crippen molar-refractivity contribution in [3.8, 4) is 0 Å². The first-order valence-corrected chi connectivity index (χ1v) is 8.84. The van der Waals surface area contributed by atoms with Crippen LogP contribution < -0.4 is 10.6 Å². The van der Waals surface area contributed by atoms with Gasteiger partial charge in [0.1, 0.15) is 18.0 Å². The topological polar surface area (TPSA) is 90.8 Å². The molecule has 0 aromatic heterocycles. The number of halogens is 1. The number of rotatable bonds is 7. The predicted octanol–water partition coefficient (Wildman–Crippen LogP) is 1.43. The molecule has 1 aliphatic rings. The summed E-state index contributed by atoms with van der Waals surface area (Å²) >= 11 is 0. The molecule has 1 aliphatic heterocycles. The van der Waals surface area contributed by atoms with E-state index in [9.17, 15) is 19.4 Å². The number of hydrogen-bond donors (Lipinski definition) is 4. The third-order valence-corrected chi connectivity index (χ3v) is 4.49. The second-order valence-corrected chi connectivity index (χ2v) is 6.57. The van der Waals surface area contributed by atoms with Crippen LogP contribution in [0.2, 0.25) is 0 Å². The molecular formula is C20H23FN2O4. The van der Waals surface area contributed by atoms with E-state index >= 15 is 0 Å². The van der Waals surface area contributed by atoms with Gasteiger partial charge in [0, 0.05) is 18.8 Å². The van der Waals surface area contributed by atoms with Crippen molar-refractivity contribution in [1.82, 2.24) is 5.32 Å². The Morgan fingerprint density at radius 2 is 1.67 bits per heavy atom. The van der Waals surface area contributed by atoms with E-state index in [-0.39, 0.29) is 18.1 Å². The molecule has 0 aliphatic carbocycles. The van der Waals surface area contributed by atoms with Gasteiger partial charge < -0.3 is 25.6 Å². The number of carbonyl (C=O) groups excluding carboxylic acids is 1. The van der Waals surface area contributed by atoms with Crippen LogP contribution in [0, 0.1) is 5.82 Å². The van der Waals surface area contributed by atoms with Gasteiger partial charge in [0.15, 0.2) is 0 Å². The molecule has 3 rings (SSSR count). The zero-order chi connectivity index (χ0) is 19.2. The molecule has 7 heteroatoms. The molecule has 1 saturated heterocycles. The summed E-state index contributed by atoms with van der Waals surface area (Å²) in [5.74, 6) is -0.592. The van der Waals surface area contributed by atoms with Crippen molar-refractivity contribution in [3.63, 3.8) is 0 Å². The van der Waals surface area contributed by atoms with Crippen molar-refractivity contribution in [1.29, 1.82) is 0 Å². The third kappa shape index (κ3) is 5.33.